The van der Waals surface area contributed by atoms with Crippen LogP contribution in [0.4, 0.5) is 4.39 Å². The first-order valence-electron chi connectivity index (χ1n) is 7.09. The normalized spacial score (nSPS) is 13.7. The van der Waals surface area contributed by atoms with E-state index in [2.05, 4.69) is 0 Å². The number of esters is 1. The molecule has 0 aliphatic carbocycles. The summed E-state index contributed by atoms with van der Waals surface area (Å²) in [7, 11) is 2.93. The molecule has 0 saturated carbocycles. The molecule has 21 heavy (non-hydrogen) atoms. The van der Waals surface area contributed by atoms with Gasteiger partial charge in [0.15, 0.2) is 0 Å². The summed E-state index contributed by atoms with van der Waals surface area (Å²) in [6, 6.07) is 6.07. The Labute approximate surface area is 124 Å². The van der Waals surface area contributed by atoms with Gasteiger partial charge >= 0.3 is 5.97 Å². The van der Waals surface area contributed by atoms with Crippen molar-refractivity contribution in [1.29, 1.82) is 0 Å². The molecular formula is C16H23FO4. The Morgan fingerprint density at radius 3 is 2.43 bits per heavy atom. The predicted molar refractivity (Wildman–Crippen MR) is 77.2 cm³/mol. The first-order chi connectivity index (χ1) is 10.1. The molecule has 0 amide bonds. The van der Waals surface area contributed by atoms with Crippen molar-refractivity contribution >= 4 is 5.97 Å². The fourth-order valence-electron chi connectivity index (χ4n) is 2.31. The Kier molecular flexibility index (Phi) is 7.93. The van der Waals surface area contributed by atoms with Crippen LogP contribution in [0.5, 0.6) is 0 Å². The summed E-state index contributed by atoms with van der Waals surface area (Å²) in [6.45, 7) is 0.111. The lowest BCUT2D eigenvalue weighted by Crippen LogP contribution is -2.20. The third kappa shape index (κ3) is 5.81. The van der Waals surface area contributed by atoms with E-state index in [1.807, 2.05) is 0 Å². The van der Waals surface area contributed by atoms with Crippen molar-refractivity contribution in [1.82, 2.24) is 0 Å². The molecule has 0 bridgehead atoms. The van der Waals surface area contributed by atoms with E-state index in [1.165, 1.54) is 19.2 Å². The van der Waals surface area contributed by atoms with Gasteiger partial charge in [-0.1, -0.05) is 18.6 Å². The number of hydrogen-bond donors (Lipinski definition) is 1. The van der Waals surface area contributed by atoms with Crippen LogP contribution in [-0.2, 0) is 14.3 Å². The molecule has 0 aliphatic rings. The number of aliphatic hydroxyl groups excluding tert-OH is 1. The van der Waals surface area contributed by atoms with Crippen LogP contribution in [0.3, 0.4) is 0 Å². The van der Waals surface area contributed by atoms with Gasteiger partial charge in [-0.05, 0) is 37.0 Å². The zero-order valence-electron chi connectivity index (χ0n) is 12.5. The fraction of sp³-hybridized carbons (Fsp3) is 0.562. The molecule has 0 saturated heterocycles. The van der Waals surface area contributed by atoms with Gasteiger partial charge in [-0.15, -0.1) is 0 Å². The van der Waals surface area contributed by atoms with E-state index in [9.17, 15) is 9.18 Å². The summed E-state index contributed by atoms with van der Waals surface area (Å²) >= 11 is 0. The van der Waals surface area contributed by atoms with E-state index in [0.717, 1.165) is 12.0 Å². The Balaban J connectivity index is 2.73. The van der Waals surface area contributed by atoms with Crippen LogP contribution in [0, 0.1) is 11.7 Å². The van der Waals surface area contributed by atoms with Gasteiger partial charge in [0.2, 0.25) is 0 Å². The third-order valence-corrected chi connectivity index (χ3v) is 3.52. The van der Waals surface area contributed by atoms with E-state index < -0.39 is 0 Å². The van der Waals surface area contributed by atoms with E-state index in [0.29, 0.717) is 19.3 Å². The second-order valence-electron chi connectivity index (χ2n) is 4.95. The van der Waals surface area contributed by atoms with Gasteiger partial charge in [0.05, 0.1) is 19.1 Å². The maximum absolute atomic E-state index is 13.0. The fourth-order valence-corrected chi connectivity index (χ4v) is 2.31. The maximum atomic E-state index is 13.0. The molecule has 0 fully saturated rings. The Morgan fingerprint density at radius 1 is 1.24 bits per heavy atom. The Hall–Kier alpha value is -1.46. The van der Waals surface area contributed by atoms with Gasteiger partial charge in [0.1, 0.15) is 5.82 Å². The van der Waals surface area contributed by atoms with Gasteiger partial charge in [-0.3, -0.25) is 4.79 Å². The largest absolute Gasteiger partial charge is 0.469 e. The van der Waals surface area contributed by atoms with E-state index in [4.69, 9.17) is 14.6 Å². The molecule has 1 unspecified atom stereocenters. The van der Waals surface area contributed by atoms with E-state index in [-0.39, 0.29) is 30.4 Å². The minimum absolute atomic E-state index is 0.111. The summed E-state index contributed by atoms with van der Waals surface area (Å²) in [5.41, 5.74) is 0.829. The molecule has 1 N–H and O–H groups in total. The lowest BCUT2D eigenvalue weighted by Gasteiger charge is -2.21. The van der Waals surface area contributed by atoms with Crippen molar-refractivity contribution in [3.63, 3.8) is 0 Å². The smallest absolute Gasteiger partial charge is 0.308 e. The summed E-state index contributed by atoms with van der Waals surface area (Å²) in [4.78, 5) is 11.8. The third-order valence-electron chi connectivity index (χ3n) is 3.52. The van der Waals surface area contributed by atoms with Gasteiger partial charge in [-0.25, -0.2) is 4.39 Å². The molecular weight excluding hydrogens is 275 g/mol. The molecule has 0 aliphatic heterocycles. The zero-order chi connectivity index (χ0) is 15.7. The number of rotatable bonds is 9. The average molecular weight is 298 g/mol. The summed E-state index contributed by atoms with van der Waals surface area (Å²) in [5.74, 6) is -0.880. The van der Waals surface area contributed by atoms with E-state index in [1.54, 1.807) is 19.2 Å². The number of benzene rings is 1. The monoisotopic (exact) mass is 298 g/mol. The first-order valence-corrected chi connectivity index (χ1v) is 7.09. The molecule has 0 radical (unpaired) electrons. The molecule has 1 rings (SSSR count). The van der Waals surface area contributed by atoms with Gasteiger partial charge in [0, 0.05) is 13.7 Å². The van der Waals surface area contributed by atoms with Crippen LogP contribution in [0.1, 0.15) is 37.4 Å². The van der Waals surface area contributed by atoms with Crippen molar-refractivity contribution in [2.45, 2.75) is 31.8 Å². The maximum Gasteiger partial charge on any atom is 0.308 e. The molecule has 1 aromatic carbocycles. The molecule has 118 valence electrons. The van der Waals surface area contributed by atoms with Crippen molar-refractivity contribution in [3.8, 4) is 0 Å². The van der Waals surface area contributed by atoms with Gasteiger partial charge < -0.3 is 14.6 Å². The van der Waals surface area contributed by atoms with Crippen molar-refractivity contribution in [2.24, 2.45) is 5.92 Å². The lowest BCUT2D eigenvalue weighted by atomic mass is 9.92. The molecule has 4 nitrogen and oxygen atoms in total. The first kappa shape index (κ1) is 17.6. The standard InChI is InChI=1S/C16H23FO4/c1-20-15(12-6-8-14(17)9-7-12)11-13(16(19)21-2)5-3-4-10-18/h6-9,13,15,18H,3-5,10-11H2,1-2H3/t13?,15-/m1/s1. The Bertz CT molecular complexity index is 419. The number of unbranched alkanes of at least 4 members (excludes halogenated alkanes) is 1. The van der Waals surface area contributed by atoms with Gasteiger partial charge in [-0.2, -0.15) is 0 Å². The van der Waals surface area contributed by atoms with Crippen molar-refractivity contribution < 1.29 is 23.8 Å². The number of halogens is 1. The second kappa shape index (κ2) is 9.47. The summed E-state index contributed by atoms with van der Waals surface area (Å²) < 4.78 is 23.2. The number of methoxy groups -OCH3 is 2. The minimum atomic E-state index is -0.305. The average Bonchev–Trinajstić information content (AvgIpc) is 2.51. The van der Waals surface area contributed by atoms with Crippen LogP contribution in [0.25, 0.3) is 0 Å². The van der Waals surface area contributed by atoms with Crippen molar-refractivity contribution in [2.75, 3.05) is 20.8 Å². The highest BCUT2D eigenvalue weighted by atomic mass is 19.1. The molecule has 0 heterocycles. The molecule has 0 spiro atoms. The second-order valence-corrected chi connectivity index (χ2v) is 4.95. The highest BCUT2D eigenvalue weighted by molar-refractivity contribution is 5.72. The SMILES string of the molecule is COC(=O)C(CCCCO)C[C@@H](OC)c1ccc(F)cc1. The highest BCUT2D eigenvalue weighted by Gasteiger charge is 2.24. The van der Waals surface area contributed by atoms with Crippen LogP contribution >= 0.6 is 0 Å². The summed E-state index contributed by atoms with van der Waals surface area (Å²) in [5, 5.41) is 8.83. The molecule has 2 atom stereocenters. The topological polar surface area (TPSA) is 55.8 Å². The number of carbonyl (C=O) groups excluding carboxylic acids is 1. The Morgan fingerprint density at radius 2 is 1.90 bits per heavy atom. The number of aliphatic hydroxyl groups is 1. The quantitative estimate of drug-likeness (QED) is 0.562. The number of carbonyl (C=O) groups is 1. The highest BCUT2D eigenvalue weighted by Crippen LogP contribution is 2.28. The summed E-state index contributed by atoms with van der Waals surface area (Å²) in [6.07, 6.45) is 2.22. The van der Waals surface area contributed by atoms with Crippen LogP contribution < -0.4 is 0 Å². The minimum Gasteiger partial charge on any atom is -0.469 e. The molecule has 0 aromatic heterocycles. The molecule has 1 aromatic rings. The predicted octanol–water partition coefficient (Wildman–Crippen LogP) is 2.86. The number of ether oxygens (including phenoxy) is 2. The van der Waals surface area contributed by atoms with Crippen LogP contribution in [0.15, 0.2) is 24.3 Å². The lowest BCUT2D eigenvalue weighted by molar-refractivity contribution is -0.147. The molecule has 5 heteroatoms. The zero-order valence-corrected chi connectivity index (χ0v) is 12.5. The number of hydrogen-bond acceptors (Lipinski definition) is 4. The van der Waals surface area contributed by atoms with E-state index >= 15 is 0 Å². The van der Waals surface area contributed by atoms with Crippen molar-refractivity contribution in [3.05, 3.63) is 35.6 Å². The van der Waals surface area contributed by atoms with Gasteiger partial charge in [0.25, 0.3) is 0 Å². The van der Waals surface area contributed by atoms with Crippen LogP contribution in [-0.4, -0.2) is 31.9 Å². The van der Waals surface area contributed by atoms with Crippen LogP contribution in [0.2, 0.25) is 0 Å².